The van der Waals surface area contributed by atoms with Gasteiger partial charge in [-0.2, -0.15) is 0 Å². The molecule has 0 amide bonds. The van der Waals surface area contributed by atoms with Crippen LogP contribution in [-0.4, -0.2) is 32.8 Å². The first-order valence-corrected chi connectivity index (χ1v) is 9.74. The van der Waals surface area contributed by atoms with Gasteiger partial charge in [0.1, 0.15) is 17.2 Å². The first-order chi connectivity index (χ1) is 15.6. The van der Waals surface area contributed by atoms with Crippen LogP contribution >= 0.6 is 0 Å². The molecule has 3 aromatic rings. The molecule has 1 aliphatic rings. The zero-order valence-electron chi connectivity index (χ0n) is 17.5. The summed E-state index contributed by atoms with van der Waals surface area (Å²) in [5, 5.41) is 0. The summed E-state index contributed by atoms with van der Waals surface area (Å²) in [6, 6.07) is 16.7. The third-order valence-corrected chi connectivity index (χ3v) is 4.82. The number of methoxy groups -OCH3 is 2. The molecule has 0 N–H and O–H groups in total. The van der Waals surface area contributed by atoms with Gasteiger partial charge in [0.05, 0.1) is 25.3 Å². The molecule has 7 nitrogen and oxygen atoms in total. The molecule has 0 spiro atoms. The van der Waals surface area contributed by atoms with Crippen molar-refractivity contribution in [2.24, 2.45) is 0 Å². The van der Waals surface area contributed by atoms with Crippen LogP contribution in [0.5, 0.6) is 28.7 Å². The van der Waals surface area contributed by atoms with Gasteiger partial charge in [0, 0.05) is 5.56 Å². The van der Waals surface area contributed by atoms with Crippen molar-refractivity contribution in [2.45, 2.75) is 0 Å². The third kappa shape index (κ3) is 4.41. The number of ether oxygens (including phenoxy) is 5. The Morgan fingerprint density at radius 1 is 0.875 bits per heavy atom. The van der Waals surface area contributed by atoms with Gasteiger partial charge >= 0.3 is 5.97 Å². The van der Waals surface area contributed by atoms with E-state index in [1.165, 1.54) is 20.3 Å². The lowest BCUT2D eigenvalue weighted by atomic mass is 10.1. The highest BCUT2D eigenvalue weighted by molar-refractivity contribution is 6.09. The normalized spacial score (nSPS) is 11.9. The summed E-state index contributed by atoms with van der Waals surface area (Å²) >= 11 is 0. The van der Waals surface area contributed by atoms with Crippen LogP contribution in [0.2, 0.25) is 0 Å². The standard InChI is InChI=1S/C25H20O7/c1-28-18-9-12-22(29-2)19(14-18)20(26)10-7-16-5-3-4-6-21(16)32-25(27)17-8-11-23-24(13-17)31-15-30-23/h3-14H,15H2,1-2H3/b10-7+. The van der Waals surface area contributed by atoms with Crippen LogP contribution in [0.4, 0.5) is 0 Å². The number of ketones is 1. The number of para-hydroxylation sites is 1. The van der Waals surface area contributed by atoms with Crippen molar-refractivity contribution in [3.8, 4) is 28.7 Å². The maximum Gasteiger partial charge on any atom is 0.343 e. The summed E-state index contributed by atoms with van der Waals surface area (Å²) in [6.45, 7) is 0.119. The molecule has 1 heterocycles. The lowest BCUT2D eigenvalue weighted by molar-refractivity contribution is 0.0733. The number of hydrogen-bond donors (Lipinski definition) is 0. The molecule has 0 unspecified atom stereocenters. The molecule has 0 saturated heterocycles. The molecule has 0 radical (unpaired) electrons. The van der Waals surface area contributed by atoms with Crippen molar-refractivity contribution in [3.63, 3.8) is 0 Å². The summed E-state index contributed by atoms with van der Waals surface area (Å²) in [7, 11) is 3.02. The molecular formula is C25H20O7. The van der Waals surface area contributed by atoms with Gasteiger partial charge in [-0.15, -0.1) is 0 Å². The number of carbonyl (C=O) groups excluding carboxylic acids is 2. The van der Waals surface area contributed by atoms with Crippen LogP contribution in [0, 0.1) is 0 Å². The van der Waals surface area contributed by atoms with Gasteiger partial charge < -0.3 is 23.7 Å². The van der Waals surface area contributed by atoms with Crippen LogP contribution in [0.3, 0.4) is 0 Å². The second-order valence-corrected chi connectivity index (χ2v) is 6.76. The van der Waals surface area contributed by atoms with Crippen LogP contribution < -0.4 is 23.7 Å². The second-order valence-electron chi connectivity index (χ2n) is 6.76. The Kier molecular flexibility index (Phi) is 6.07. The van der Waals surface area contributed by atoms with Crippen molar-refractivity contribution < 1.29 is 33.3 Å². The largest absolute Gasteiger partial charge is 0.497 e. The predicted octanol–water partition coefficient (Wildman–Crippen LogP) is 4.55. The molecule has 0 aliphatic carbocycles. The maximum atomic E-state index is 12.8. The van der Waals surface area contributed by atoms with Crippen LogP contribution in [0.15, 0.2) is 66.7 Å². The fourth-order valence-electron chi connectivity index (χ4n) is 3.16. The van der Waals surface area contributed by atoms with E-state index in [-0.39, 0.29) is 12.6 Å². The molecule has 0 saturated carbocycles. The summed E-state index contributed by atoms with van der Waals surface area (Å²) in [4.78, 5) is 25.4. The monoisotopic (exact) mass is 432 g/mol. The molecule has 32 heavy (non-hydrogen) atoms. The average Bonchev–Trinajstić information content (AvgIpc) is 3.30. The lowest BCUT2D eigenvalue weighted by Gasteiger charge is -2.09. The van der Waals surface area contributed by atoms with Gasteiger partial charge in [-0.05, 0) is 54.6 Å². The number of rotatable bonds is 7. The van der Waals surface area contributed by atoms with Gasteiger partial charge in [-0.25, -0.2) is 4.79 Å². The highest BCUT2D eigenvalue weighted by atomic mass is 16.7. The van der Waals surface area contributed by atoms with Crippen molar-refractivity contribution in [1.82, 2.24) is 0 Å². The van der Waals surface area contributed by atoms with Gasteiger partial charge in [0.25, 0.3) is 0 Å². The van der Waals surface area contributed by atoms with E-state index >= 15 is 0 Å². The maximum absolute atomic E-state index is 12.8. The Balaban J connectivity index is 1.54. The number of hydrogen-bond acceptors (Lipinski definition) is 7. The second kappa shape index (κ2) is 9.26. The molecule has 7 heteroatoms. The van der Waals surface area contributed by atoms with E-state index in [1.54, 1.807) is 66.7 Å². The number of fused-ring (bicyclic) bond motifs is 1. The number of allylic oxidation sites excluding steroid dienone is 1. The van der Waals surface area contributed by atoms with Gasteiger partial charge in [-0.3, -0.25) is 4.79 Å². The van der Waals surface area contributed by atoms with Crippen molar-refractivity contribution >= 4 is 17.8 Å². The SMILES string of the molecule is COc1ccc(OC)c(C(=O)/C=C/c2ccccc2OC(=O)c2ccc3c(c2)OCO3)c1. The van der Waals surface area contributed by atoms with Crippen molar-refractivity contribution in [1.29, 1.82) is 0 Å². The Labute approximate surface area is 184 Å². The molecule has 162 valence electrons. The van der Waals surface area contributed by atoms with Crippen molar-refractivity contribution in [2.75, 3.05) is 21.0 Å². The molecule has 3 aromatic carbocycles. The minimum atomic E-state index is -0.551. The van der Waals surface area contributed by atoms with E-state index in [9.17, 15) is 9.59 Å². The van der Waals surface area contributed by atoms with E-state index in [1.807, 2.05) is 0 Å². The lowest BCUT2D eigenvalue weighted by Crippen LogP contribution is -2.09. The summed E-state index contributed by atoms with van der Waals surface area (Å²) in [5.74, 6) is 1.53. The molecule has 0 bridgehead atoms. The highest BCUT2D eigenvalue weighted by Crippen LogP contribution is 2.33. The predicted molar refractivity (Wildman–Crippen MR) is 117 cm³/mol. The zero-order chi connectivity index (χ0) is 22.5. The van der Waals surface area contributed by atoms with Crippen LogP contribution in [0.1, 0.15) is 26.3 Å². The topological polar surface area (TPSA) is 80.3 Å². The van der Waals surface area contributed by atoms with Gasteiger partial charge in [-0.1, -0.05) is 18.2 Å². The average molecular weight is 432 g/mol. The summed E-state index contributed by atoms with van der Waals surface area (Å²) < 4.78 is 26.6. The molecule has 4 rings (SSSR count). The molecular weight excluding hydrogens is 412 g/mol. The molecule has 0 fully saturated rings. The molecule has 0 atom stereocenters. The number of esters is 1. The van der Waals surface area contributed by atoms with E-state index in [2.05, 4.69) is 0 Å². The van der Waals surface area contributed by atoms with Gasteiger partial charge in [0.2, 0.25) is 6.79 Å². The van der Waals surface area contributed by atoms with Gasteiger partial charge in [0.15, 0.2) is 17.3 Å². The van der Waals surface area contributed by atoms with Crippen LogP contribution in [0.25, 0.3) is 6.08 Å². The Morgan fingerprint density at radius 3 is 2.50 bits per heavy atom. The smallest absolute Gasteiger partial charge is 0.343 e. The first kappa shape index (κ1) is 21.0. The number of carbonyl (C=O) groups is 2. The Hall–Kier alpha value is -4.26. The number of benzene rings is 3. The Bertz CT molecular complexity index is 1200. The van der Waals surface area contributed by atoms with Crippen LogP contribution in [-0.2, 0) is 0 Å². The third-order valence-electron chi connectivity index (χ3n) is 4.82. The van der Waals surface area contributed by atoms with Crippen molar-refractivity contribution in [3.05, 3.63) is 83.4 Å². The van der Waals surface area contributed by atoms with E-state index in [4.69, 9.17) is 23.7 Å². The summed E-state index contributed by atoms with van der Waals surface area (Å²) in [6.07, 6.45) is 2.98. The molecule has 0 aromatic heterocycles. The quantitative estimate of drug-likeness (QED) is 0.235. The zero-order valence-corrected chi connectivity index (χ0v) is 17.5. The minimum absolute atomic E-state index is 0.119. The minimum Gasteiger partial charge on any atom is -0.497 e. The van der Waals surface area contributed by atoms with E-state index < -0.39 is 5.97 Å². The highest BCUT2D eigenvalue weighted by Gasteiger charge is 2.18. The Morgan fingerprint density at radius 2 is 1.69 bits per heavy atom. The van der Waals surface area contributed by atoms with E-state index in [0.717, 1.165) is 0 Å². The summed E-state index contributed by atoms with van der Waals surface area (Å²) in [5.41, 5.74) is 1.25. The van der Waals surface area contributed by atoms with E-state index in [0.29, 0.717) is 45.4 Å². The first-order valence-electron chi connectivity index (χ1n) is 9.74. The fourth-order valence-corrected chi connectivity index (χ4v) is 3.16. The molecule has 1 aliphatic heterocycles. The fraction of sp³-hybridized carbons (Fsp3) is 0.120.